The van der Waals surface area contributed by atoms with Crippen LogP contribution in [0.4, 0.5) is 13.2 Å². The highest BCUT2D eigenvalue weighted by Gasteiger charge is 2.33. The van der Waals surface area contributed by atoms with Gasteiger partial charge in [0, 0.05) is 45.5 Å². The first-order chi connectivity index (χ1) is 9.38. The van der Waals surface area contributed by atoms with Gasteiger partial charge in [-0.2, -0.15) is 13.2 Å². The van der Waals surface area contributed by atoms with E-state index in [1.807, 2.05) is 0 Å². The van der Waals surface area contributed by atoms with Gasteiger partial charge in [0.2, 0.25) is 5.91 Å². The molecule has 0 bridgehead atoms. The highest BCUT2D eigenvalue weighted by molar-refractivity contribution is 5.76. The molecule has 1 aliphatic rings. The van der Waals surface area contributed by atoms with E-state index >= 15 is 0 Å². The molecule has 1 fully saturated rings. The van der Waals surface area contributed by atoms with Gasteiger partial charge in [-0.15, -0.1) is 0 Å². The van der Waals surface area contributed by atoms with E-state index in [4.69, 9.17) is 0 Å². The molecule has 1 aliphatic heterocycles. The SMILES string of the molecule is Cn1ccnc1C1CNCCN1C(=O)CCC(F)(F)F. The van der Waals surface area contributed by atoms with Crippen LogP contribution < -0.4 is 5.32 Å². The summed E-state index contributed by atoms with van der Waals surface area (Å²) in [7, 11) is 1.80. The van der Waals surface area contributed by atoms with Crippen molar-refractivity contribution < 1.29 is 18.0 Å². The van der Waals surface area contributed by atoms with Gasteiger partial charge in [-0.1, -0.05) is 0 Å². The number of hydrogen-bond donors (Lipinski definition) is 1. The number of carbonyl (C=O) groups excluding carboxylic acids is 1. The Bertz CT molecular complexity index is 472. The van der Waals surface area contributed by atoms with Gasteiger partial charge < -0.3 is 14.8 Å². The number of imidazole rings is 1. The van der Waals surface area contributed by atoms with E-state index in [1.165, 1.54) is 4.90 Å². The number of amides is 1. The molecule has 0 spiro atoms. The number of nitrogens with one attached hydrogen (secondary N) is 1. The zero-order valence-corrected chi connectivity index (χ0v) is 11.2. The van der Waals surface area contributed by atoms with Crippen molar-refractivity contribution in [3.63, 3.8) is 0 Å². The van der Waals surface area contributed by atoms with E-state index in [-0.39, 0.29) is 6.04 Å². The van der Waals surface area contributed by atoms with Gasteiger partial charge in [-0.3, -0.25) is 4.79 Å². The van der Waals surface area contributed by atoms with Gasteiger partial charge in [0.1, 0.15) is 11.9 Å². The van der Waals surface area contributed by atoms with E-state index in [9.17, 15) is 18.0 Å². The Morgan fingerprint density at radius 3 is 2.90 bits per heavy atom. The Hall–Kier alpha value is -1.57. The second kappa shape index (κ2) is 5.82. The van der Waals surface area contributed by atoms with Crippen molar-refractivity contribution in [2.24, 2.45) is 7.05 Å². The fraction of sp³-hybridized carbons (Fsp3) is 0.667. The zero-order chi connectivity index (χ0) is 14.8. The number of hydrogen-bond acceptors (Lipinski definition) is 3. The lowest BCUT2D eigenvalue weighted by atomic mass is 10.1. The Morgan fingerprint density at radius 1 is 1.55 bits per heavy atom. The maximum atomic E-state index is 12.2. The first-order valence-corrected chi connectivity index (χ1v) is 6.42. The minimum Gasteiger partial charge on any atom is -0.336 e. The van der Waals surface area contributed by atoms with Gasteiger partial charge in [0.25, 0.3) is 0 Å². The van der Waals surface area contributed by atoms with Crippen molar-refractivity contribution >= 4 is 5.91 Å². The number of alkyl halides is 3. The number of piperazine rings is 1. The van der Waals surface area contributed by atoms with E-state index in [0.717, 1.165) is 0 Å². The second-order valence-electron chi connectivity index (χ2n) is 4.82. The third-order valence-corrected chi connectivity index (χ3v) is 3.34. The molecular formula is C12H17F3N4O. The monoisotopic (exact) mass is 290 g/mol. The summed E-state index contributed by atoms with van der Waals surface area (Å²) < 4.78 is 38.4. The number of halogens is 3. The predicted molar refractivity (Wildman–Crippen MR) is 65.8 cm³/mol. The molecule has 2 rings (SSSR count). The Balaban J connectivity index is 2.07. The summed E-state index contributed by atoms with van der Waals surface area (Å²) >= 11 is 0. The minimum atomic E-state index is -4.30. The molecule has 1 aromatic rings. The van der Waals surface area contributed by atoms with Crippen molar-refractivity contribution in [3.8, 4) is 0 Å². The average Bonchev–Trinajstić information content (AvgIpc) is 2.81. The van der Waals surface area contributed by atoms with E-state index < -0.39 is 24.9 Å². The van der Waals surface area contributed by atoms with Crippen LogP contribution in [0.5, 0.6) is 0 Å². The van der Waals surface area contributed by atoms with Gasteiger partial charge in [-0.25, -0.2) is 4.98 Å². The smallest absolute Gasteiger partial charge is 0.336 e. The number of rotatable bonds is 3. The third kappa shape index (κ3) is 3.50. The summed E-state index contributed by atoms with van der Waals surface area (Å²) in [6, 6.07) is -0.315. The largest absolute Gasteiger partial charge is 0.389 e. The lowest BCUT2D eigenvalue weighted by Gasteiger charge is -2.36. The van der Waals surface area contributed by atoms with Crippen molar-refractivity contribution in [1.82, 2.24) is 19.8 Å². The van der Waals surface area contributed by atoms with E-state index in [2.05, 4.69) is 10.3 Å². The Morgan fingerprint density at radius 2 is 2.30 bits per heavy atom. The molecule has 1 aromatic heterocycles. The average molecular weight is 290 g/mol. The standard InChI is InChI=1S/C12H17F3N4O/c1-18-6-5-17-11(18)9-8-16-4-7-19(9)10(20)2-3-12(13,14)15/h5-6,9,16H,2-4,7-8H2,1H3. The molecule has 1 atom stereocenters. The molecule has 0 saturated carbocycles. The van der Waals surface area contributed by atoms with Crippen LogP contribution in [0, 0.1) is 0 Å². The fourth-order valence-electron chi connectivity index (χ4n) is 2.32. The van der Waals surface area contributed by atoms with Crippen molar-refractivity contribution in [2.45, 2.75) is 25.1 Å². The summed E-state index contributed by atoms with van der Waals surface area (Å²) in [5, 5.41) is 3.14. The van der Waals surface area contributed by atoms with Crippen LogP contribution in [-0.2, 0) is 11.8 Å². The summed E-state index contributed by atoms with van der Waals surface area (Å²) in [6.45, 7) is 1.48. The molecule has 1 saturated heterocycles. The molecule has 2 heterocycles. The van der Waals surface area contributed by atoms with Gasteiger partial charge in [-0.05, 0) is 0 Å². The lowest BCUT2D eigenvalue weighted by Crippen LogP contribution is -2.49. The third-order valence-electron chi connectivity index (χ3n) is 3.34. The summed E-state index contributed by atoms with van der Waals surface area (Å²) in [5.41, 5.74) is 0. The summed E-state index contributed by atoms with van der Waals surface area (Å²) in [5.74, 6) is 0.203. The van der Waals surface area contributed by atoms with Gasteiger partial charge in [0.05, 0.1) is 6.42 Å². The molecule has 0 radical (unpaired) electrons. The van der Waals surface area contributed by atoms with Crippen LogP contribution in [0.2, 0.25) is 0 Å². The maximum absolute atomic E-state index is 12.2. The Labute approximate surface area is 114 Å². The van der Waals surface area contributed by atoms with Crippen LogP contribution in [0.15, 0.2) is 12.4 Å². The normalized spacial score (nSPS) is 20.2. The summed E-state index contributed by atoms with van der Waals surface area (Å²) in [6.07, 6.45) is -2.53. The van der Waals surface area contributed by atoms with Crippen LogP contribution in [0.1, 0.15) is 24.7 Å². The zero-order valence-electron chi connectivity index (χ0n) is 11.2. The topological polar surface area (TPSA) is 50.2 Å². The van der Waals surface area contributed by atoms with Crippen LogP contribution >= 0.6 is 0 Å². The molecule has 0 aromatic carbocycles. The highest BCUT2D eigenvalue weighted by Crippen LogP contribution is 2.25. The number of aryl methyl sites for hydroxylation is 1. The quantitative estimate of drug-likeness (QED) is 0.911. The molecule has 112 valence electrons. The van der Waals surface area contributed by atoms with Crippen molar-refractivity contribution in [2.75, 3.05) is 19.6 Å². The van der Waals surface area contributed by atoms with E-state index in [0.29, 0.717) is 25.5 Å². The van der Waals surface area contributed by atoms with E-state index in [1.54, 1.807) is 24.0 Å². The van der Waals surface area contributed by atoms with Crippen molar-refractivity contribution in [1.29, 1.82) is 0 Å². The molecule has 1 amide bonds. The minimum absolute atomic E-state index is 0.315. The Kier molecular flexibility index (Phi) is 4.32. The maximum Gasteiger partial charge on any atom is 0.389 e. The summed E-state index contributed by atoms with van der Waals surface area (Å²) in [4.78, 5) is 17.7. The van der Waals surface area contributed by atoms with Gasteiger partial charge in [0.15, 0.2) is 0 Å². The predicted octanol–water partition coefficient (Wildman–Crippen LogP) is 1.24. The molecular weight excluding hydrogens is 273 g/mol. The van der Waals surface area contributed by atoms with Gasteiger partial charge >= 0.3 is 6.18 Å². The number of nitrogens with zero attached hydrogens (tertiary/aromatic N) is 3. The fourth-order valence-corrected chi connectivity index (χ4v) is 2.32. The molecule has 1 unspecified atom stereocenters. The van der Waals surface area contributed by atoms with Crippen LogP contribution in [-0.4, -0.2) is 46.2 Å². The molecule has 1 N–H and O–H groups in total. The number of aromatic nitrogens is 2. The van der Waals surface area contributed by atoms with Crippen molar-refractivity contribution in [3.05, 3.63) is 18.2 Å². The first-order valence-electron chi connectivity index (χ1n) is 6.42. The second-order valence-corrected chi connectivity index (χ2v) is 4.82. The highest BCUT2D eigenvalue weighted by atomic mass is 19.4. The molecule has 8 heteroatoms. The van der Waals surface area contributed by atoms with Crippen LogP contribution in [0.25, 0.3) is 0 Å². The first kappa shape index (κ1) is 14.8. The molecule has 0 aliphatic carbocycles. The number of carbonyl (C=O) groups is 1. The van der Waals surface area contributed by atoms with Crippen LogP contribution in [0.3, 0.4) is 0 Å². The lowest BCUT2D eigenvalue weighted by molar-refractivity contribution is -0.151. The molecule has 20 heavy (non-hydrogen) atoms. The molecule has 5 nitrogen and oxygen atoms in total.